The van der Waals surface area contributed by atoms with Crippen molar-refractivity contribution < 1.29 is 23.9 Å². The van der Waals surface area contributed by atoms with Crippen LogP contribution in [0.2, 0.25) is 0 Å². The molecule has 2 aromatic rings. The second-order valence-corrected chi connectivity index (χ2v) is 7.43. The van der Waals surface area contributed by atoms with Gasteiger partial charge in [-0.3, -0.25) is 19.7 Å². The van der Waals surface area contributed by atoms with Gasteiger partial charge in [0.05, 0.1) is 7.11 Å². The first-order valence-electron chi connectivity index (χ1n) is 9.90. The summed E-state index contributed by atoms with van der Waals surface area (Å²) in [5, 5.41) is 7.78. The summed E-state index contributed by atoms with van der Waals surface area (Å²) in [7, 11) is 1.55. The van der Waals surface area contributed by atoms with Gasteiger partial charge in [0.15, 0.2) is 0 Å². The summed E-state index contributed by atoms with van der Waals surface area (Å²) in [5.41, 5.74) is 2.69. The fourth-order valence-electron chi connectivity index (χ4n) is 3.77. The molecule has 2 aliphatic rings. The maximum atomic E-state index is 12.9. The average Bonchev–Trinajstić information content (AvgIpc) is 3.08. The molecule has 0 saturated carbocycles. The van der Waals surface area contributed by atoms with Gasteiger partial charge in [0.25, 0.3) is 5.91 Å². The lowest BCUT2D eigenvalue weighted by molar-refractivity contribution is -0.136. The standard InChI is InChI=1S/C22H22N4O5/c1-31-16-4-2-3-15(10-16)24-22(30)23-11-13-5-6-14-12-26(21(29)17(14)9-13)18-7-8-19(27)25-20(18)28/h2-6,9-10,18H,7-8,11-12H2,1H3,(H2,23,24,30)(H,25,27,28). The molecule has 1 saturated heterocycles. The van der Waals surface area contributed by atoms with Gasteiger partial charge in [0, 0.05) is 36.8 Å². The fourth-order valence-corrected chi connectivity index (χ4v) is 3.77. The molecule has 1 unspecified atom stereocenters. The second-order valence-electron chi connectivity index (χ2n) is 7.43. The molecule has 9 heteroatoms. The minimum Gasteiger partial charge on any atom is -0.497 e. The first-order valence-corrected chi connectivity index (χ1v) is 9.90. The molecule has 5 amide bonds. The maximum absolute atomic E-state index is 12.9. The normalized spacial score (nSPS) is 17.8. The molecule has 0 spiro atoms. The minimum atomic E-state index is -0.646. The lowest BCUT2D eigenvalue weighted by atomic mass is 10.0. The van der Waals surface area contributed by atoms with Crippen molar-refractivity contribution in [2.24, 2.45) is 0 Å². The number of rotatable bonds is 5. The summed E-state index contributed by atoms with van der Waals surface area (Å²) in [4.78, 5) is 50.1. The number of benzene rings is 2. The first-order chi connectivity index (χ1) is 14.9. The fraction of sp³-hybridized carbons (Fsp3) is 0.273. The molecular weight excluding hydrogens is 400 g/mol. The molecule has 0 aromatic heterocycles. The first kappa shape index (κ1) is 20.4. The Kier molecular flexibility index (Phi) is 5.57. The van der Waals surface area contributed by atoms with E-state index in [9.17, 15) is 19.2 Å². The lowest BCUT2D eigenvalue weighted by Gasteiger charge is -2.29. The molecular formula is C22H22N4O5. The van der Waals surface area contributed by atoms with Crippen LogP contribution in [0.5, 0.6) is 5.75 Å². The third-order valence-electron chi connectivity index (χ3n) is 5.37. The Morgan fingerprint density at radius 2 is 2.03 bits per heavy atom. The van der Waals surface area contributed by atoms with E-state index < -0.39 is 11.9 Å². The van der Waals surface area contributed by atoms with E-state index in [0.29, 0.717) is 30.0 Å². The van der Waals surface area contributed by atoms with Crippen LogP contribution in [0.25, 0.3) is 0 Å². The molecule has 160 valence electrons. The monoisotopic (exact) mass is 422 g/mol. The van der Waals surface area contributed by atoms with E-state index in [2.05, 4.69) is 16.0 Å². The Bertz CT molecular complexity index is 1070. The number of carbonyl (C=O) groups is 4. The quantitative estimate of drug-likeness (QED) is 0.635. The van der Waals surface area contributed by atoms with Gasteiger partial charge in [0.1, 0.15) is 11.8 Å². The Morgan fingerprint density at radius 1 is 1.19 bits per heavy atom. The molecule has 4 rings (SSSR count). The maximum Gasteiger partial charge on any atom is 0.319 e. The second kappa shape index (κ2) is 8.47. The molecule has 9 nitrogen and oxygen atoms in total. The molecule has 0 radical (unpaired) electrons. The smallest absolute Gasteiger partial charge is 0.319 e. The summed E-state index contributed by atoms with van der Waals surface area (Å²) in [5.74, 6) is -0.359. The van der Waals surface area contributed by atoms with Crippen molar-refractivity contribution in [3.05, 3.63) is 59.2 Å². The lowest BCUT2D eigenvalue weighted by Crippen LogP contribution is -2.52. The Balaban J connectivity index is 1.38. The van der Waals surface area contributed by atoms with Crippen LogP contribution in [0.15, 0.2) is 42.5 Å². The van der Waals surface area contributed by atoms with Crippen LogP contribution < -0.4 is 20.7 Å². The molecule has 0 bridgehead atoms. The predicted molar refractivity (Wildman–Crippen MR) is 111 cm³/mol. The van der Waals surface area contributed by atoms with Gasteiger partial charge < -0.3 is 20.3 Å². The van der Waals surface area contributed by atoms with Crippen LogP contribution in [0.4, 0.5) is 10.5 Å². The van der Waals surface area contributed by atoms with E-state index in [1.807, 2.05) is 12.1 Å². The number of hydrogen-bond donors (Lipinski definition) is 3. The highest BCUT2D eigenvalue weighted by atomic mass is 16.5. The Morgan fingerprint density at radius 3 is 2.81 bits per heavy atom. The number of hydrogen-bond acceptors (Lipinski definition) is 5. The number of fused-ring (bicyclic) bond motifs is 1. The number of amides is 5. The molecule has 2 aliphatic heterocycles. The van der Waals surface area contributed by atoms with Crippen molar-refractivity contribution in [1.82, 2.24) is 15.5 Å². The van der Waals surface area contributed by atoms with E-state index in [0.717, 1.165) is 11.1 Å². The SMILES string of the molecule is COc1cccc(NC(=O)NCc2ccc3c(c2)C(=O)N(C2CCC(=O)NC2=O)C3)c1. The Hall–Kier alpha value is -3.88. The average molecular weight is 422 g/mol. The van der Waals surface area contributed by atoms with Crippen LogP contribution in [-0.2, 0) is 22.7 Å². The van der Waals surface area contributed by atoms with E-state index in [-0.39, 0.29) is 30.8 Å². The molecule has 3 N–H and O–H groups in total. The molecule has 0 aliphatic carbocycles. The number of anilines is 1. The highest BCUT2D eigenvalue weighted by Crippen LogP contribution is 2.28. The highest BCUT2D eigenvalue weighted by Gasteiger charge is 2.39. The molecule has 2 aromatic carbocycles. The van der Waals surface area contributed by atoms with Crippen LogP contribution >= 0.6 is 0 Å². The van der Waals surface area contributed by atoms with Gasteiger partial charge in [-0.15, -0.1) is 0 Å². The zero-order chi connectivity index (χ0) is 22.0. The van der Waals surface area contributed by atoms with E-state index in [1.54, 1.807) is 37.4 Å². The van der Waals surface area contributed by atoms with E-state index in [1.165, 1.54) is 4.90 Å². The van der Waals surface area contributed by atoms with Gasteiger partial charge in [-0.1, -0.05) is 18.2 Å². The van der Waals surface area contributed by atoms with E-state index >= 15 is 0 Å². The summed E-state index contributed by atoms with van der Waals surface area (Å²) < 4.78 is 5.13. The van der Waals surface area contributed by atoms with Crippen molar-refractivity contribution in [3.8, 4) is 5.75 Å². The number of ether oxygens (including phenoxy) is 1. The minimum absolute atomic E-state index is 0.216. The Labute approximate surface area is 178 Å². The number of nitrogens with one attached hydrogen (secondary N) is 3. The summed E-state index contributed by atoms with van der Waals surface area (Å²) >= 11 is 0. The van der Waals surface area contributed by atoms with Crippen LogP contribution in [0.1, 0.15) is 34.3 Å². The van der Waals surface area contributed by atoms with Crippen LogP contribution in [0.3, 0.4) is 0 Å². The van der Waals surface area contributed by atoms with Crippen molar-refractivity contribution in [2.75, 3.05) is 12.4 Å². The number of urea groups is 1. The van der Waals surface area contributed by atoms with Crippen molar-refractivity contribution in [1.29, 1.82) is 0 Å². The summed E-state index contributed by atoms with van der Waals surface area (Å²) in [6.45, 7) is 0.555. The topological polar surface area (TPSA) is 117 Å². The van der Waals surface area contributed by atoms with Gasteiger partial charge in [-0.25, -0.2) is 4.79 Å². The van der Waals surface area contributed by atoms with E-state index in [4.69, 9.17) is 4.74 Å². The largest absolute Gasteiger partial charge is 0.497 e. The third kappa shape index (κ3) is 4.35. The van der Waals surface area contributed by atoms with Crippen LogP contribution in [-0.4, -0.2) is 41.8 Å². The molecule has 1 fully saturated rings. The number of methoxy groups -OCH3 is 1. The van der Waals surface area contributed by atoms with Crippen molar-refractivity contribution >= 4 is 29.4 Å². The highest BCUT2D eigenvalue weighted by molar-refractivity contribution is 6.05. The van der Waals surface area contributed by atoms with Gasteiger partial charge in [-0.05, 0) is 35.7 Å². The number of carbonyl (C=O) groups excluding carboxylic acids is 4. The number of imide groups is 1. The summed E-state index contributed by atoms with van der Waals surface area (Å²) in [6.07, 6.45) is 0.539. The van der Waals surface area contributed by atoms with Crippen molar-refractivity contribution in [2.45, 2.75) is 32.0 Å². The number of nitrogens with zero attached hydrogens (tertiary/aromatic N) is 1. The summed E-state index contributed by atoms with van der Waals surface area (Å²) in [6, 6.07) is 11.4. The zero-order valence-corrected chi connectivity index (χ0v) is 16.9. The molecule has 2 heterocycles. The predicted octanol–water partition coefficient (Wildman–Crippen LogP) is 1.78. The molecule has 31 heavy (non-hydrogen) atoms. The van der Waals surface area contributed by atoms with Gasteiger partial charge in [0.2, 0.25) is 11.8 Å². The third-order valence-corrected chi connectivity index (χ3v) is 5.37. The number of piperidine rings is 1. The van der Waals surface area contributed by atoms with Crippen molar-refractivity contribution in [3.63, 3.8) is 0 Å². The van der Waals surface area contributed by atoms with Gasteiger partial charge in [-0.2, -0.15) is 0 Å². The molecule has 1 atom stereocenters. The van der Waals surface area contributed by atoms with Gasteiger partial charge >= 0.3 is 6.03 Å². The zero-order valence-electron chi connectivity index (χ0n) is 16.9. The van der Waals surface area contributed by atoms with Crippen LogP contribution in [0, 0.1) is 0 Å².